The Bertz CT molecular complexity index is 905. The Hall–Kier alpha value is -3.06. The molecule has 2 N–H and O–H groups in total. The van der Waals surface area contributed by atoms with Gasteiger partial charge in [0.2, 0.25) is 11.8 Å². The Morgan fingerprint density at radius 2 is 1.57 bits per heavy atom. The molecule has 0 aliphatic carbocycles. The van der Waals surface area contributed by atoms with E-state index in [4.69, 9.17) is 4.52 Å². The minimum atomic E-state index is -0.214. The number of carbonyl (C=O) groups is 2. The largest absolute Gasteiger partial charge is 0.360 e. The van der Waals surface area contributed by atoms with Crippen LogP contribution in [0.15, 0.2) is 71.3 Å². The second-order valence-electron chi connectivity index (χ2n) is 6.88. The first kappa shape index (κ1) is 21.6. The predicted octanol–water partition coefficient (Wildman–Crippen LogP) is 3.99. The summed E-state index contributed by atoms with van der Waals surface area (Å²) in [5, 5.41) is 9.31. The molecule has 0 saturated heterocycles. The normalized spacial score (nSPS) is 10.7. The number of aromatic nitrogens is 1. The number of nitrogens with zero attached hydrogens (tertiary/aromatic N) is 1. The standard InChI is InChI=1S/C23H25N3O3S/c1-17-14-21(26-29-17)25-23(28)16-30-15-22(27)24-13-12-20(18-8-4-2-5-9-18)19-10-6-3-7-11-19/h2-11,14,20H,12-13,15-16H2,1H3,(H,24,27)(H,25,26,28). The minimum Gasteiger partial charge on any atom is -0.360 e. The fraction of sp³-hybridized carbons (Fsp3) is 0.261. The van der Waals surface area contributed by atoms with Crippen molar-refractivity contribution >= 4 is 29.4 Å². The van der Waals surface area contributed by atoms with Crippen molar-refractivity contribution in [3.8, 4) is 0 Å². The number of hydrogen-bond acceptors (Lipinski definition) is 5. The van der Waals surface area contributed by atoms with Gasteiger partial charge in [0.05, 0.1) is 11.5 Å². The van der Waals surface area contributed by atoms with Gasteiger partial charge in [-0.2, -0.15) is 0 Å². The molecule has 7 heteroatoms. The Morgan fingerprint density at radius 1 is 0.967 bits per heavy atom. The van der Waals surface area contributed by atoms with Crippen LogP contribution in [0, 0.1) is 6.92 Å². The van der Waals surface area contributed by atoms with E-state index in [0.717, 1.165) is 6.42 Å². The van der Waals surface area contributed by atoms with Gasteiger partial charge < -0.3 is 15.2 Å². The van der Waals surface area contributed by atoms with Crippen molar-refractivity contribution in [2.45, 2.75) is 19.3 Å². The first-order valence-electron chi connectivity index (χ1n) is 9.79. The molecule has 0 spiro atoms. The van der Waals surface area contributed by atoms with Gasteiger partial charge in [-0.3, -0.25) is 9.59 Å². The van der Waals surface area contributed by atoms with Crippen LogP contribution in [-0.2, 0) is 9.59 Å². The molecule has 0 atom stereocenters. The summed E-state index contributed by atoms with van der Waals surface area (Å²) < 4.78 is 4.90. The van der Waals surface area contributed by atoms with Crippen molar-refractivity contribution < 1.29 is 14.1 Å². The molecule has 0 saturated carbocycles. The van der Waals surface area contributed by atoms with Crippen molar-refractivity contribution in [2.75, 3.05) is 23.4 Å². The van der Waals surface area contributed by atoms with Gasteiger partial charge in [-0.15, -0.1) is 11.8 Å². The smallest absolute Gasteiger partial charge is 0.235 e. The quantitative estimate of drug-likeness (QED) is 0.515. The van der Waals surface area contributed by atoms with E-state index in [1.54, 1.807) is 13.0 Å². The molecule has 0 aliphatic rings. The lowest BCUT2D eigenvalue weighted by Crippen LogP contribution is -2.28. The number of aryl methyl sites for hydroxylation is 1. The fourth-order valence-electron chi connectivity index (χ4n) is 3.14. The van der Waals surface area contributed by atoms with E-state index in [1.165, 1.54) is 22.9 Å². The number of anilines is 1. The average molecular weight is 424 g/mol. The highest BCUT2D eigenvalue weighted by Gasteiger charge is 2.14. The van der Waals surface area contributed by atoms with E-state index in [-0.39, 0.29) is 29.2 Å². The second-order valence-corrected chi connectivity index (χ2v) is 7.86. The SMILES string of the molecule is Cc1cc(NC(=O)CSCC(=O)NCCC(c2ccccc2)c2ccccc2)no1. The summed E-state index contributed by atoms with van der Waals surface area (Å²) in [5.74, 6) is 1.34. The molecule has 0 aliphatic heterocycles. The highest BCUT2D eigenvalue weighted by atomic mass is 32.2. The zero-order valence-electron chi connectivity index (χ0n) is 16.8. The molecule has 0 radical (unpaired) electrons. The highest BCUT2D eigenvalue weighted by Crippen LogP contribution is 2.27. The number of rotatable bonds is 10. The molecule has 1 heterocycles. The maximum Gasteiger partial charge on any atom is 0.235 e. The van der Waals surface area contributed by atoms with Crippen LogP contribution < -0.4 is 10.6 Å². The van der Waals surface area contributed by atoms with Gasteiger partial charge in [-0.25, -0.2) is 0 Å². The average Bonchev–Trinajstić information content (AvgIpc) is 3.17. The molecule has 0 bridgehead atoms. The van der Waals surface area contributed by atoms with Gasteiger partial charge in [0.25, 0.3) is 0 Å². The third-order valence-corrected chi connectivity index (χ3v) is 5.45. The lowest BCUT2D eigenvalue weighted by atomic mass is 9.88. The van der Waals surface area contributed by atoms with Crippen LogP contribution in [0.3, 0.4) is 0 Å². The Balaban J connectivity index is 1.41. The number of benzene rings is 2. The summed E-state index contributed by atoms with van der Waals surface area (Å²) in [6.45, 7) is 2.32. The van der Waals surface area contributed by atoms with Crippen LogP contribution in [0.4, 0.5) is 5.82 Å². The summed E-state index contributed by atoms with van der Waals surface area (Å²) in [4.78, 5) is 24.0. The van der Waals surface area contributed by atoms with Crippen LogP contribution in [0.2, 0.25) is 0 Å². The lowest BCUT2D eigenvalue weighted by Gasteiger charge is -2.18. The molecular weight excluding hydrogens is 398 g/mol. The summed E-state index contributed by atoms with van der Waals surface area (Å²) in [5.41, 5.74) is 2.46. The Kier molecular flexibility index (Phi) is 8.09. The summed E-state index contributed by atoms with van der Waals surface area (Å²) in [7, 11) is 0. The zero-order chi connectivity index (χ0) is 21.2. The highest BCUT2D eigenvalue weighted by molar-refractivity contribution is 8.00. The lowest BCUT2D eigenvalue weighted by molar-refractivity contribution is -0.118. The molecule has 30 heavy (non-hydrogen) atoms. The van der Waals surface area contributed by atoms with Gasteiger partial charge in [0, 0.05) is 18.5 Å². The third kappa shape index (κ3) is 6.77. The van der Waals surface area contributed by atoms with Crippen LogP contribution in [0.1, 0.15) is 29.2 Å². The van der Waals surface area contributed by atoms with Crippen molar-refractivity contribution in [1.29, 1.82) is 0 Å². The number of hydrogen-bond donors (Lipinski definition) is 2. The predicted molar refractivity (Wildman–Crippen MR) is 120 cm³/mol. The van der Waals surface area contributed by atoms with E-state index in [9.17, 15) is 9.59 Å². The van der Waals surface area contributed by atoms with Crippen molar-refractivity contribution in [1.82, 2.24) is 10.5 Å². The second kappa shape index (κ2) is 11.2. The van der Waals surface area contributed by atoms with Crippen molar-refractivity contribution in [3.63, 3.8) is 0 Å². The van der Waals surface area contributed by atoms with E-state index < -0.39 is 0 Å². The minimum absolute atomic E-state index is 0.0787. The number of amides is 2. The molecule has 0 unspecified atom stereocenters. The molecule has 0 fully saturated rings. The maximum absolute atomic E-state index is 12.1. The van der Waals surface area contributed by atoms with Crippen molar-refractivity contribution in [3.05, 3.63) is 83.6 Å². The summed E-state index contributed by atoms with van der Waals surface area (Å²) in [6, 6.07) is 22.2. The number of carbonyl (C=O) groups excluding carboxylic acids is 2. The van der Waals surface area contributed by atoms with Crippen LogP contribution in [0.5, 0.6) is 0 Å². The molecule has 6 nitrogen and oxygen atoms in total. The number of thioether (sulfide) groups is 1. The molecular formula is C23H25N3O3S. The van der Waals surface area contributed by atoms with Crippen LogP contribution in [-0.4, -0.2) is 35.0 Å². The van der Waals surface area contributed by atoms with Gasteiger partial charge >= 0.3 is 0 Å². The van der Waals surface area contributed by atoms with Gasteiger partial charge in [0.15, 0.2) is 5.82 Å². The molecule has 2 amide bonds. The topological polar surface area (TPSA) is 84.2 Å². The maximum atomic E-state index is 12.1. The van der Waals surface area contributed by atoms with Crippen molar-refractivity contribution in [2.24, 2.45) is 0 Å². The molecule has 2 aromatic carbocycles. The molecule has 1 aromatic heterocycles. The van der Waals surface area contributed by atoms with Crippen LogP contribution in [0.25, 0.3) is 0 Å². The third-order valence-electron chi connectivity index (χ3n) is 4.52. The first-order chi connectivity index (χ1) is 14.6. The monoisotopic (exact) mass is 423 g/mol. The van der Waals surface area contributed by atoms with E-state index >= 15 is 0 Å². The van der Waals surface area contributed by atoms with Gasteiger partial charge in [0.1, 0.15) is 5.76 Å². The first-order valence-corrected chi connectivity index (χ1v) is 10.9. The van der Waals surface area contributed by atoms with Crippen LogP contribution >= 0.6 is 11.8 Å². The van der Waals surface area contributed by atoms with E-state index in [2.05, 4.69) is 40.1 Å². The van der Waals surface area contributed by atoms with Gasteiger partial charge in [-0.1, -0.05) is 65.8 Å². The molecule has 3 rings (SSSR count). The zero-order valence-corrected chi connectivity index (χ0v) is 17.7. The Labute approximate surface area is 180 Å². The molecule has 156 valence electrons. The summed E-state index contributed by atoms with van der Waals surface area (Å²) in [6.07, 6.45) is 0.802. The van der Waals surface area contributed by atoms with E-state index in [1.807, 2.05) is 36.4 Å². The number of nitrogens with one attached hydrogen (secondary N) is 2. The Morgan fingerprint density at radius 3 is 2.13 bits per heavy atom. The fourth-order valence-corrected chi connectivity index (χ4v) is 3.79. The van der Waals surface area contributed by atoms with E-state index in [0.29, 0.717) is 18.1 Å². The van der Waals surface area contributed by atoms with Gasteiger partial charge in [-0.05, 0) is 24.5 Å². The molecule has 3 aromatic rings. The summed E-state index contributed by atoms with van der Waals surface area (Å²) >= 11 is 1.26.